The molecule has 0 amide bonds. The predicted molar refractivity (Wildman–Crippen MR) is 162 cm³/mol. The van der Waals surface area contributed by atoms with Crippen molar-refractivity contribution in [3.8, 4) is 23.0 Å². The third-order valence-corrected chi connectivity index (χ3v) is 6.50. The summed E-state index contributed by atoms with van der Waals surface area (Å²) in [5.74, 6) is 1.84. The summed E-state index contributed by atoms with van der Waals surface area (Å²) in [6, 6.07) is 40.4. The van der Waals surface area contributed by atoms with Crippen molar-refractivity contribution in [2.75, 3.05) is 6.61 Å². The van der Waals surface area contributed by atoms with E-state index in [0.29, 0.717) is 48.2 Å². The van der Waals surface area contributed by atoms with Crippen LogP contribution in [0.4, 0.5) is 0 Å². The summed E-state index contributed by atoms with van der Waals surface area (Å²) >= 11 is 0. The van der Waals surface area contributed by atoms with Crippen molar-refractivity contribution >= 4 is 11.6 Å². The predicted octanol–water partition coefficient (Wildman–Crippen LogP) is 7.66. The third kappa shape index (κ3) is 8.01. The Labute approximate surface area is 240 Å². The summed E-state index contributed by atoms with van der Waals surface area (Å²) in [4.78, 5) is 0. The molecule has 0 saturated carbocycles. The number of phenolic OH excluding ortho intramolecular Hbond substituents is 1. The zero-order valence-electron chi connectivity index (χ0n) is 22.6. The molecule has 0 bridgehead atoms. The smallest absolute Gasteiger partial charge is 0.126 e. The van der Waals surface area contributed by atoms with E-state index in [1.54, 1.807) is 24.3 Å². The van der Waals surface area contributed by atoms with Crippen LogP contribution in [0.3, 0.4) is 0 Å². The second kappa shape index (κ2) is 13.9. The number of aromatic hydroxyl groups is 1. The van der Waals surface area contributed by atoms with E-state index in [4.69, 9.17) is 14.2 Å². The summed E-state index contributed by atoms with van der Waals surface area (Å²) in [5.41, 5.74) is 5.02. The van der Waals surface area contributed by atoms with Gasteiger partial charge in [0, 0.05) is 17.7 Å². The van der Waals surface area contributed by atoms with Crippen LogP contribution >= 0.6 is 0 Å². The molecule has 2 N–H and O–H groups in total. The number of hydrogen-bond acceptors (Lipinski definition) is 5. The van der Waals surface area contributed by atoms with Crippen molar-refractivity contribution in [1.82, 2.24) is 0 Å². The molecular weight excluding hydrogens is 512 g/mol. The summed E-state index contributed by atoms with van der Waals surface area (Å²) in [6.45, 7) is 0.947. The lowest BCUT2D eigenvalue weighted by molar-refractivity contribution is 0.289. The quantitative estimate of drug-likeness (QED) is 0.158. The first-order valence-electron chi connectivity index (χ1n) is 13.5. The maximum atomic E-state index is 10.8. The molecule has 0 aliphatic rings. The van der Waals surface area contributed by atoms with E-state index in [1.807, 2.05) is 109 Å². The van der Waals surface area contributed by atoms with Gasteiger partial charge in [0.15, 0.2) is 0 Å². The Balaban J connectivity index is 1.38. The fourth-order valence-electron chi connectivity index (χ4n) is 4.29. The molecule has 41 heavy (non-hydrogen) atoms. The van der Waals surface area contributed by atoms with Crippen LogP contribution in [0.25, 0.3) is 11.6 Å². The molecule has 0 spiro atoms. The average molecular weight is 545 g/mol. The first kappa shape index (κ1) is 27.6. The van der Waals surface area contributed by atoms with Gasteiger partial charge in [-0.1, -0.05) is 91.0 Å². The zero-order chi connectivity index (χ0) is 28.3. The lowest BCUT2D eigenvalue weighted by atomic mass is 10.0. The molecule has 0 unspecified atom stereocenters. The maximum absolute atomic E-state index is 10.8. The van der Waals surface area contributed by atoms with Gasteiger partial charge in [-0.15, -0.1) is 0 Å². The molecule has 0 aliphatic carbocycles. The number of ether oxygens (including phenoxy) is 3. The molecule has 5 aromatic rings. The van der Waals surface area contributed by atoms with E-state index in [1.165, 1.54) is 0 Å². The highest BCUT2D eigenvalue weighted by Crippen LogP contribution is 2.32. The molecule has 5 aromatic carbocycles. The Morgan fingerprint density at radius 3 is 1.44 bits per heavy atom. The number of aliphatic hydroxyl groups is 1. The van der Waals surface area contributed by atoms with E-state index in [2.05, 4.69) is 0 Å². The van der Waals surface area contributed by atoms with Gasteiger partial charge in [0.1, 0.15) is 42.8 Å². The molecule has 5 rings (SSSR count). The SMILES string of the molecule is OC/C(=C\c1ccc(OCc2ccccc2)cc1O)c1cc(OCc2ccccc2)cc(OCc2ccccc2)c1. The number of hydrogen-bond donors (Lipinski definition) is 2. The standard InChI is InChI=1S/C36H32O5/c37-23-32(18-30-16-17-33(22-36(30)38)39-24-27-10-4-1-5-11-27)31-19-34(40-25-28-12-6-2-7-13-28)21-35(20-31)41-26-29-14-8-3-9-15-29/h1-22,37-38H,23-26H2/b32-18+. The molecule has 0 aliphatic heterocycles. The van der Waals surface area contributed by atoms with Gasteiger partial charge in [-0.2, -0.15) is 0 Å². The second-order valence-electron chi connectivity index (χ2n) is 9.56. The number of benzene rings is 5. The molecule has 0 fully saturated rings. The second-order valence-corrected chi connectivity index (χ2v) is 9.56. The summed E-state index contributed by atoms with van der Waals surface area (Å²) in [5, 5.41) is 21.1. The third-order valence-electron chi connectivity index (χ3n) is 6.50. The first-order chi connectivity index (χ1) is 20.2. The highest BCUT2D eigenvalue weighted by atomic mass is 16.5. The Kier molecular flexibility index (Phi) is 9.33. The number of rotatable bonds is 12. The zero-order valence-corrected chi connectivity index (χ0v) is 22.6. The Bertz CT molecular complexity index is 1500. The van der Waals surface area contributed by atoms with Gasteiger partial charge in [0.05, 0.1) is 6.61 Å². The van der Waals surface area contributed by atoms with E-state index in [0.717, 1.165) is 22.3 Å². The molecule has 0 atom stereocenters. The van der Waals surface area contributed by atoms with Crippen molar-refractivity contribution in [3.63, 3.8) is 0 Å². The largest absolute Gasteiger partial charge is 0.507 e. The van der Waals surface area contributed by atoms with Crippen molar-refractivity contribution in [2.24, 2.45) is 0 Å². The number of phenols is 1. The van der Waals surface area contributed by atoms with Crippen molar-refractivity contribution in [2.45, 2.75) is 19.8 Å². The van der Waals surface area contributed by atoms with Gasteiger partial charge < -0.3 is 24.4 Å². The van der Waals surface area contributed by atoms with Gasteiger partial charge in [-0.3, -0.25) is 0 Å². The lowest BCUT2D eigenvalue weighted by Gasteiger charge is -2.14. The Morgan fingerprint density at radius 1 is 0.537 bits per heavy atom. The minimum absolute atomic E-state index is 0.0542. The van der Waals surface area contributed by atoms with Gasteiger partial charge in [0.2, 0.25) is 0 Å². The van der Waals surface area contributed by atoms with Crippen LogP contribution in [0.15, 0.2) is 127 Å². The van der Waals surface area contributed by atoms with Crippen LogP contribution in [0.5, 0.6) is 23.0 Å². The van der Waals surface area contributed by atoms with Crippen LogP contribution in [-0.4, -0.2) is 16.8 Å². The molecule has 0 radical (unpaired) electrons. The topological polar surface area (TPSA) is 68.2 Å². The van der Waals surface area contributed by atoms with Crippen LogP contribution in [-0.2, 0) is 19.8 Å². The average Bonchev–Trinajstić information content (AvgIpc) is 3.03. The number of aliphatic hydroxyl groups excluding tert-OH is 1. The molecular formula is C36H32O5. The minimum Gasteiger partial charge on any atom is -0.507 e. The first-order valence-corrected chi connectivity index (χ1v) is 13.5. The molecule has 0 heterocycles. The van der Waals surface area contributed by atoms with E-state index < -0.39 is 0 Å². The highest BCUT2D eigenvalue weighted by Gasteiger charge is 2.11. The van der Waals surface area contributed by atoms with Gasteiger partial charge in [-0.05, 0) is 58.2 Å². The maximum Gasteiger partial charge on any atom is 0.126 e. The Morgan fingerprint density at radius 2 is 1.00 bits per heavy atom. The van der Waals surface area contributed by atoms with Gasteiger partial charge >= 0.3 is 0 Å². The van der Waals surface area contributed by atoms with Gasteiger partial charge in [-0.25, -0.2) is 0 Å². The highest BCUT2D eigenvalue weighted by molar-refractivity contribution is 5.84. The summed E-state index contributed by atoms with van der Waals surface area (Å²) in [7, 11) is 0. The summed E-state index contributed by atoms with van der Waals surface area (Å²) < 4.78 is 18.1. The van der Waals surface area contributed by atoms with Gasteiger partial charge in [0.25, 0.3) is 0 Å². The minimum atomic E-state index is -0.244. The normalized spacial score (nSPS) is 11.2. The van der Waals surface area contributed by atoms with E-state index >= 15 is 0 Å². The van der Waals surface area contributed by atoms with Crippen LogP contribution < -0.4 is 14.2 Å². The lowest BCUT2D eigenvalue weighted by Crippen LogP contribution is -2.00. The summed E-state index contributed by atoms with van der Waals surface area (Å²) in [6.07, 6.45) is 1.76. The van der Waals surface area contributed by atoms with Crippen LogP contribution in [0.2, 0.25) is 0 Å². The van der Waals surface area contributed by atoms with E-state index in [-0.39, 0.29) is 12.4 Å². The van der Waals surface area contributed by atoms with Crippen molar-refractivity contribution < 1.29 is 24.4 Å². The molecule has 0 aromatic heterocycles. The fraction of sp³-hybridized carbons (Fsp3) is 0.111. The monoisotopic (exact) mass is 544 g/mol. The molecule has 0 saturated heterocycles. The van der Waals surface area contributed by atoms with Crippen molar-refractivity contribution in [3.05, 3.63) is 155 Å². The fourth-order valence-corrected chi connectivity index (χ4v) is 4.29. The molecule has 206 valence electrons. The van der Waals surface area contributed by atoms with Crippen LogP contribution in [0.1, 0.15) is 27.8 Å². The molecule has 5 heteroatoms. The Hall–Kier alpha value is -5.00. The van der Waals surface area contributed by atoms with Crippen LogP contribution in [0, 0.1) is 0 Å². The van der Waals surface area contributed by atoms with Crippen molar-refractivity contribution in [1.29, 1.82) is 0 Å². The molecule has 5 nitrogen and oxygen atoms in total. The van der Waals surface area contributed by atoms with E-state index in [9.17, 15) is 10.2 Å².